The SMILES string of the molecule is COc1ccccc1CN(Cc1nc(C(=O)NC[C@H]2CCCO2)co1)[C@H](C)c1ccccc1. The molecule has 1 aromatic heterocycles. The molecule has 2 heterocycles. The second-order valence-corrected chi connectivity index (χ2v) is 8.28. The lowest BCUT2D eigenvalue weighted by atomic mass is 10.1. The van der Waals surface area contributed by atoms with Gasteiger partial charge in [-0.25, -0.2) is 4.98 Å². The van der Waals surface area contributed by atoms with Crippen LogP contribution in [0.1, 0.15) is 53.3 Å². The van der Waals surface area contributed by atoms with Gasteiger partial charge in [0.15, 0.2) is 5.69 Å². The number of hydrogen-bond donors (Lipinski definition) is 1. The van der Waals surface area contributed by atoms with Crippen molar-refractivity contribution in [1.82, 2.24) is 15.2 Å². The van der Waals surface area contributed by atoms with Gasteiger partial charge in [-0.15, -0.1) is 0 Å². The lowest BCUT2D eigenvalue weighted by Gasteiger charge is -2.29. The molecule has 2 aromatic carbocycles. The molecule has 1 aliphatic heterocycles. The fourth-order valence-electron chi connectivity index (χ4n) is 4.09. The highest BCUT2D eigenvalue weighted by Gasteiger charge is 2.22. The van der Waals surface area contributed by atoms with E-state index in [4.69, 9.17) is 13.9 Å². The number of hydrogen-bond acceptors (Lipinski definition) is 6. The van der Waals surface area contributed by atoms with Gasteiger partial charge >= 0.3 is 0 Å². The number of nitrogens with zero attached hydrogens (tertiary/aromatic N) is 2. The highest BCUT2D eigenvalue weighted by molar-refractivity contribution is 5.91. The van der Waals surface area contributed by atoms with E-state index in [1.165, 1.54) is 11.8 Å². The predicted octanol–water partition coefficient (Wildman–Crippen LogP) is 4.36. The molecule has 7 heteroatoms. The van der Waals surface area contributed by atoms with Gasteiger partial charge in [0.05, 0.1) is 19.8 Å². The van der Waals surface area contributed by atoms with Gasteiger partial charge in [0.2, 0.25) is 5.89 Å². The molecule has 0 spiro atoms. The van der Waals surface area contributed by atoms with E-state index in [0.717, 1.165) is 30.8 Å². The third kappa shape index (κ3) is 6.00. The normalized spacial score (nSPS) is 16.6. The van der Waals surface area contributed by atoms with Crippen LogP contribution in [0.2, 0.25) is 0 Å². The number of ether oxygens (including phenoxy) is 2. The van der Waals surface area contributed by atoms with Crippen LogP contribution in [-0.2, 0) is 17.8 Å². The minimum atomic E-state index is -0.243. The zero-order valence-electron chi connectivity index (χ0n) is 19.2. The third-order valence-electron chi connectivity index (χ3n) is 6.03. The van der Waals surface area contributed by atoms with Gasteiger partial charge in [-0.1, -0.05) is 48.5 Å². The predicted molar refractivity (Wildman–Crippen MR) is 125 cm³/mol. The molecule has 0 unspecified atom stereocenters. The van der Waals surface area contributed by atoms with Crippen LogP contribution < -0.4 is 10.1 Å². The Morgan fingerprint density at radius 3 is 2.73 bits per heavy atom. The molecule has 3 aromatic rings. The Balaban J connectivity index is 1.48. The topological polar surface area (TPSA) is 76.8 Å². The van der Waals surface area contributed by atoms with Crippen LogP contribution >= 0.6 is 0 Å². The van der Waals surface area contributed by atoms with E-state index in [9.17, 15) is 4.79 Å². The lowest BCUT2D eigenvalue weighted by molar-refractivity contribution is 0.0853. The molecule has 2 atom stereocenters. The van der Waals surface area contributed by atoms with Crippen molar-refractivity contribution in [3.8, 4) is 5.75 Å². The van der Waals surface area contributed by atoms with Gasteiger partial charge in [0, 0.05) is 31.3 Å². The first-order chi connectivity index (χ1) is 16.1. The molecule has 1 amide bonds. The summed E-state index contributed by atoms with van der Waals surface area (Å²) in [5, 5.41) is 2.89. The number of carbonyl (C=O) groups excluding carboxylic acids is 1. The summed E-state index contributed by atoms with van der Waals surface area (Å²) in [7, 11) is 1.68. The maximum Gasteiger partial charge on any atom is 0.273 e. The van der Waals surface area contributed by atoms with E-state index in [0.29, 0.717) is 25.5 Å². The number of amides is 1. The smallest absolute Gasteiger partial charge is 0.273 e. The first-order valence-corrected chi connectivity index (χ1v) is 11.4. The van der Waals surface area contributed by atoms with Crippen molar-refractivity contribution in [2.75, 3.05) is 20.3 Å². The van der Waals surface area contributed by atoms with Crippen molar-refractivity contribution in [2.24, 2.45) is 0 Å². The molecule has 0 bridgehead atoms. The molecule has 1 saturated heterocycles. The van der Waals surface area contributed by atoms with Gasteiger partial charge in [0.1, 0.15) is 12.0 Å². The number of aromatic nitrogens is 1. The van der Waals surface area contributed by atoms with Gasteiger partial charge in [-0.2, -0.15) is 0 Å². The zero-order valence-corrected chi connectivity index (χ0v) is 19.2. The molecule has 4 rings (SSSR count). The first kappa shape index (κ1) is 23.0. The number of carbonyl (C=O) groups is 1. The van der Waals surface area contributed by atoms with Gasteiger partial charge in [-0.05, 0) is 31.4 Å². The summed E-state index contributed by atoms with van der Waals surface area (Å²) in [6.45, 7) is 4.50. The molecule has 33 heavy (non-hydrogen) atoms. The second-order valence-electron chi connectivity index (χ2n) is 8.28. The fraction of sp³-hybridized carbons (Fsp3) is 0.385. The van der Waals surface area contributed by atoms with Crippen molar-refractivity contribution < 1.29 is 18.7 Å². The Morgan fingerprint density at radius 1 is 1.18 bits per heavy atom. The molecular formula is C26H31N3O4. The van der Waals surface area contributed by atoms with Crippen molar-refractivity contribution >= 4 is 5.91 Å². The van der Waals surface area contributed by atoms with Crippen molar-refractivity contribution in [2.45, 2.75) is 45.0 Å². The lowest BCUT2D eigenvalue weighted by Crippen LogP contribution is -2.32. The van der Waals surface area contributed by atoms with E-state index < -0.39 is 0 Å². The monoisotopic (exact) mass is 449 g/mol. The minimum Gasteiger partial charge on any atom is -0.496 e. The maximum absolute atomic E-state index is 12.5. The van der Waals surface area contributed by atoms with E-state index >= 15 is 0 Å². The molecule has 0 radical (unpaired) electrons. The first-order valence-electron chi connectivity index (χ1n) is 11.4. The number of nitrogens with one attached hydrogen (secondary N) is 1. The van der Waals surface area contributed by atoms with Crippen LogP contribution in [0.25, 0.3) is 0 Å². The molecule has 0 saturated carbocycles. The number of rotatable bonds is 10. The number of benzene rings is 2. The zero-order chi connectivity index (χ0) is 23.0. The van der Waals surface area contributed by atoms with Gasteiger partial charge < -0.3 is 19.2 Å². The molecule has 7 nitrogen and oxygen atoms in total. The summed E-state index contributed by atoms with van der Waals surface area (Å²) in [4.78, 5) is 19.2. The Hall–Kier alpha value is -3.16. The third-order valence-corrected chi connectivity index (χ3v) is 6.03. The number of oxazole rings is 1. The summed E-state index contributed by atoms with van der Waals surface area (Å²) in [5.41, 5.74) is 2.55. The average Bonchev–Trinajstić information content (AvgIpc) is 3.55. The average molecular weight is 450 g/mol. The highest BCUT2D eigenvalue weighted by Crippen LogP contribution is 2.27. The van der Waals surface area contributed by atoms with E-state index in [1.54, 1.807) is 7.11 Å². The Morgan fingerprint density at radius 2 is 1.97 bits per heavy atom. The summed E-state index contributed by atoms with van der Waals surface area (Å²) in [6, 6.07) is 18.4. The molecular weight excluding hydrogens is 418 g/mol. The fourth-order valence-corrected chi connectivity index (χ4v) is 4.09. The van der Waals surface area contributed by atoms with Crippen molar-refractivity contribution in [3.63, 3.8) is 0 Å². The van der Waals surface area contributed by atoms with Gasteiger partial charge in [0.25, 0.3) is 5.91 Å². The molecule has 1 aliphatic rings. The summed E-state index contributed by atoms with van der Waals surface area (Å²) < 4.78 is 16.8. The Kier molecular flexibility index (Phi) is 7.75. The summed E-state index contributed by atoms with van der Waals surface area (Å²) in [5.74, 6) is 1.09. The summed E-state index contributed by atoms with van der Waals surface area (Å²) in [6.07, 6.45) is 3.52. The Bertz CT molecular complexity index is 1030. The van der Waals surface area contributed by atoms with E-state index in [1.807, 2.05) is 36.4 Å². The maximum atomic E-state index is 12.5. The molecule has 0 aliphatic carbocycles. The highest BCUT2D eigenvalue weighted by atomic mass is 16.5. The number of para-hydroxylation sites is 1. The van der Waals surface area contributed by atoms with E-state index in [2.05, 4.69) is 40.3 Å². The van der Waals surface area contributed by atoms with Crippen LogP contribution in [0.3, 0.4) is 0 Å². The quantitative estimate of drug-likeness (QED) is 0.496. The van der Waals surface area contributed by atoms with Crippen LogP contribution in [0.15, 0.2) is 65.3 Å². The van der Waals surface area contributed by atoms with Gasteiger partial charge in [-0.3, -0.25) is 9.69 Å². The van der Waals surface area contributed by atoms with Crippen LogP contribution in [0.5, 0.6) is 5.75 Å². The molecule has 174 valence electrons. The van der Waals surface area contributed by atoms with Crippen LogP contribution in [0.4, 0.5) is 0 Å². The van der Waals surface area contributed by atoms with Crippen molar-refractivity contribution in [3.05, 3.63) is 83.6 Å². The minimum absolute atomic E-state index is 0.0865. The largest absolute Gasteiger partial charge is 0.496 e. The number of methoxy groups -OCH3 is 1. The molecule has 1 N–H and O–H groups in total. The van der Waals surface area contributed by atoms with Crippen LogP contribution in [-0.4, -0.2) is 42.2 Å². The standard InChI is InChI=1S/C26H31N3O4/c1-19(20-9-4-3-5-10-20)29(16-21-11-6-7-13-24(21)31-2)17-25-28-23(18-33-25)26(30)27-15-22-12-8-14-32-22/h3-7,9-11,13,18-19,22H,8,12,14-17H2,1-2H3,(H,27,30)/t19-,22-/m1/s1. The van der Waals surface area contributed by atoms with E-state index in [-0.39, 0.29) is 23.7 Å². The summed E-state index contributed by atoms with van der Waals surface area (Å²) >= 11 is 0. The second kappa shape index (κ2) is 11.1. The van der Waals surface area contributed by atoms with Crippen LogP contribution in [0, 0.1) is 0 Å². The van der Waals surface area contributed by atoms with Crippen molar-refractivity contribution in [1.29, 1.82) is 0 Å². The Labute approximate surface area is 194 Å². The molecule has 1 fully saturated rings.